The van der Waals surface area contributed by atoms with Gasteiger partial charge in [0.05, 0.1) is 0 Å². The van der Waals surface area contributed by atoms with Crippen molar-refractivity contribution in [2.24, 2.45) is 0 Å². The van der Waals surface area contributed by atoms with E-state index < -0.39 is 4.84 Å². The van der Waals surface area contributed by atoms with E-state index in [0.29, 0.717) is 5.56 Å². The van der Waals surface area contributed by atoms with Gasteiger partial charge in [0.1, 0.15) is 4.84 Å². The molecule has 0 saturated carbocycles. The van der Waals surface area contributed by atoms with Crippen molar-refractivity contribution >= 4 is 23.2 Å². The second-order valence-electron chi connectivity index (χ2n) is 3.41. The number of rotatable bonds is 4. The van der Waals surface area contributed by atoms with Crippen LogP contribution in [0.2, 0.25) is 0 Å². The minimum absolute atomic E-state index is 0.184. The monoisotopic (exact) mass is 248 g/mol. The maximum absolute atomic E-state index is 9.63. The minimum atomic E-state index is -0.816. The van der Waals surface area contributed by atoms with Crippen LogP contribution in [0.15, 0.2) is 12.1 Å². The molecule has 0 atom stereocenters. The number of hydrogen-bond acceptors (Lipinski definition) is 2. The maximum atomic E-state index is 9.63. The van der Waals surface area contributed by atoms with Crippen LogP contribution in [0.1, 0.15) is 35.7 Å². The molecule has 0 aliphatic rings. The molecule has 0 bridgehead atoms. The van der Waals surface area contributed by atoms with Crippen LogP contribution >= 0.6 is 23.2 Å². The third kappa shape index (κ3) is 2.93. The first-order valence-corrected chi connectivity index (χ1v) is 5.77. The molecule has 84 valence electrons. The van der Waals surface area contributed by atoms with Gasteiger partial charge in [-0.3, -0.25) is 0 Å². The highest BCUT2D eigenvalue weighted by Crippen LogP contribution is 2.40. The largest absolute Gasteiger partial charge is 0.504 e. The van der Waals surface area contributed by atoms with Gasteiger partial charge in [-0.2, -0.15) is 0 Å². The third-order valence-corrected chi connectivity index (χ3v) is 2.74. The van der Waals surface area contributed by atoms with Gasteiger partial charge in [0, 0.05) is 5.56 Å². The topological polar surface area (TPSA) is 40.5 Å². The van der Waals surface area contributed by atoms with Crippen molar-refractivity contribution in [2.75, 3.05) is 0 Å². The van der Waals surface area contributed by atoms with Crippen LogP contribution in [0.4, 0.5) is 0 Å². The van der Waals surface area contributed by atoms with Crippen molar-refractivity contribution in [1.82, 2.24) is 0 Å². The van der Waals surface area contributed by atoms with E-state index in [4.69, 9.17) is 23.2 Å². The van der Waals surface area contributed by atoms with E-state index >= 15 is 0 Å². The number of aryl methyl sites for hydroxylation is 1. The summed E-state index contributed by atoms with van der Waals surface area (Å²) in [5.74, 6) is -0.393. The van der Waals surface area contributed by atoms with Gasteiger partial charge in [0.15, 0.2) is 11.5 Å². The van der Waals surface area contributed by atoms with Crippen molar-refractivity contribution in [3.8, 4) is 11.5 Å². The molecule has 0 saturated heterocycles. The highest BCUT2D eigenvalue weighted by molar-refractivity contribution is 6.44. The summed E-state index contributed by atoms with van der Waals surface area (Å²) in [4.78, 5) is -0.816. The Balaban J connectivity index is 3.09. The third-order valence-electron chi connectivity index (χ3n) is 2.30. The summed E-state index contributed by atoms with van der Waals surface area (Å²) in [6, 6.07) is 3.21. The molecule has 2 N–H and O–H groups in total. The fourth-order valence-corrected chi connectivity index (χ4v) is 1.95. The molecule has 1 rings (SSSR count). The number of unbranched alkanes of at least 4 members (excludes halogenated alkanes) is 1. The van der Waals surface area contributed by atoms with Crippen molar-refractivity contribution < 1.29 is 10.2 Å². The minimum Gasteiger partial charge on any atom is -0.504 e. The standard InChI is InChI=1S/C11H14Cl2O2/c1-2-3-4-7-5-6-8(14)10(15)9(7)11(12)13/h5-6,11,14-15H,2-4H2,1H3. The molecule has 1 aromatic rings. The number of halogens is 2. The lowest BCUT2D eigenvalue weighted by atomic mass is 10.0. The Hall–Kier alpha value is -0.600. The second kappa shape index (κ2) is 5.47. The van der Waals surface area contributed by atoms with Crippen LogP contribution in [-0.2, 0) is 6.42 Å². The van der Waals surface area contributed by atoms with Gasteiger partial charge < -0.3 is 10.2 Å². The van der Waals surface area contributed by atoms with Crippen molar-refractivity contribution in [1.29, 1.82) is 0 Å². The molecule has 0 aromatic heterocycles. The predicted octanol–water partition coefficient (Wildman–Crippen LogP) is 3.92. The molecule has 0 heterocycles. The fraction of sp³-hybridized carbons (Fsp3) is 0.455. The molecule has 15 heavy (non-hydrogen) atoms. The first-order chi connectivity index (χ1) is 7.07. The number of alkyl halides is 2. The predicted molar refractivity (Wildman–Crippen MR) is 62.8 cm³/mol. The van der Waals surface area contributed by atoms with E-state index in [9.17, 15) is 10.2 Å². The number of aromatic hydroxyl groups is 2. The Morgan fingerprint density at radius 3 is 2.47 bits per heavy atom. The average Bonchev–Trinajstić information content (AvgIpc) is 2.19. The first kappa shape index (κ1) is 12.5. The zero-order valence-corrected chi connectivity index (χ0v) is 10.0. The maximum Gasteiger partial charge on any atom is 0.163 e. The average molecular weight is 249 g/mol. The van der Waals surface area contributed by atoms with Gasteiger partial charge in [-0.1, -0.05) is 42.6 Å². The van der Waals surface area contributed by atoms with Crippen LogP contribution in [0.5, 0.6) is 11.5 Å². The van der Waals surface area contributed by atoms with E-state index in [0.717, 1.165) is 24.8 Å². The van der Waals surface area contributed by atoms with Crippen LogP contribution in [0, 0.1) is 0 Å². The summed E-state index contributed by atoms with van der Waals surface area (Å²) in [7, 11) is 0. The lowest BCUT2D eigenvalue weighted by Gasteiger charge is -2.12. The Morgan fingerprint density at radius 1 is 1.27 bits per heavy atom. The summed E-state index contributed by atoms with van der Waals surface area (Å²) in [5.41, 5.74) is 1.31. The number of benzene rings is 1. The number of phenols is 2. The van der Waals surface area contributed by atoms with Crippen LogP contribution < -0.4 is 0 Å². The summed E-state index contributed by atoms with van der Waals surface area (Å²) in [6.07, 6.45) is 2.85. The Morgan fingerprint density at radius 2 is 1.93 bits per heavy atom. The zero-order chi connectivity index (χ0) is 11.4. The fourth-order valence-electron chi connectivity index (χ4n) is 1.47. The van der Waals surface area contributed by atoms with Gasteiger partial charge in [-0.15, -0.1) is 0 Å². The van der Waals surface area contributed by atoms with Gasteiger partial charge in [-0.05, 0) is 24.5 Å². The summed E-state index contributed by atoms with van der Waals surface area (Å²) in [6.45, 7) is 2.08. The molecule has 1 aromatic carbocycles. The van der Waals surface area contributed by atoms with Gasteiger partial charge in [0.25, 0.3) is 0 Å². The van der Waals surface area contributed by atoms with Gasteiger partial charge >= 0.3 is 0 Å². The van der Waals surface area contributed by atoms with Gasteiger partial charge in [0.2, 0.25) is 0 Å². The van der Waals surface area contributed by atoms with Crippen LogP contribution in [0.25, 0.3) is 0 Å². The summed E-state index contributed by atoms with van der Waals surface area (Å²) < 4.78 is 0. The van der Waals surface area contributed by atoms with Crippen molar-refractivity contribution in [3.05, 3.63) is 23.3 Å². The molecule has 0 amide bonds. The highest BCUT2D eigenvalue weighted by Gasteiger charge is 2.17. The van der Waals surface area contributed by atoms with E-state index in [1.54, 1.807) is 6.07 Å². The number of phenolic OH excluding ortho intramolecular Hbond substituents is 2. The second-order valence-corrected chi connectivity index (χ2v) is 4.51. The molecule has 0 spiro atoms. The SMILES string of the molecule is CCCCc1ccc(O)c(O)c1C(Cl)Cl. The van der Waals surface area contributed by atoms with E-state index in [-0.39, 0.29) is 11.5 Å². The molecule has 0 radical (unpaired) electrons. The number of hydrogen-bond donors (Lipinski definition) is 2. The molecule has 0 fully saturated rings. The molecular weight excluding hydrogens is 235 g/mol. The normalized spacial score (nSPS) is 10.9. The van der Waals surface area contributed by atoms with Gasteiger partial charge in [-0.25, -0.2) is 0 Å². The van der Waals surface area contributed by atoms with Crippen molar-refractivity contribution in [2.45, 2.75) is 31.0 Å². The molecule has 2 nitrogen and oxygen atoms in total. The highest BCUT2D eigenvalue weighted by atomic mass is 35.5. The Bertz CT molecular complexity index is 338. The molecule has 0 unspecified atom stereocenters. The lowest BCUT2D eigenvalue weighted by molar-refractivity contribution is 0.399. The molecule has 0 aliphatic carbocycles. The molecule has 0 aliphatic heterocycles. The Labute approximate surface area is 99.5 Å². The van der Waals surface area contributed by atoms with Crippen LogP contribution in [-0.4, -0.2) is 10.2 Å². The molecular formula is C11H14Cl2O2. The Kier molecular flexibility index (Phi) is 4.55. The van der Waals surface area contributed by atoms with Crippen LogP contribution in [0.3, 0.4) is 0 Å². The van der Waals surface area contributed by atoms with Crippen molar-refractivity contribution in [3.63, 3.8) is 0 Å². The zero-order valence-electron chi connectivity index (χ0n) is 8.50. The van der Waals surface area contributed by atoms with E-state index in [1.807, 2.05) is 0 Å². The smallest absolute Gasteiger partial charge is 0.163 e. The quantitative estimate of drug-likeness (QED) is 0.627. The van der Waals surface area contributed by atoms with E-state index in [2.05, 4.69) is 6.92 Å². The lowest BCUT2D eigenvalue weighted by Crippen LogP contribution is -1.94. The summed E-state index contributed by atoms with van der Waals surface area (Å²) in [5, 5.41) is 19.0. The first-order valence-electron chi connectivity index (χ1n) is 4.89. The van der Waals surface area contributed by atoms with E-state index in [1.165, 1.54) is 6.07 Å². The molecule has 4 heteroatoms. The summed E-state index contributed by atoms with van der Waals surface area (Å²) >= 11 is 11.5.